The minimum absolute atomic E-state index is 0.0252. The third kappa shape index (κ3) is 3.19. The average Bonchev–Trinajstić information content (AvgIpc) is 2.20. The zero-order valence-electron chi connectivity index (χ0n) is 8.90. The highest BCUT2D eigenvalue weighted by Crippen LogP contribution is 2.31. The molecule has 84 valence electrons. The van der Waals surface area contributed by atoms with Crippen LogP contribution in [0.2, 0.25) is 0 Å². The first-order valence-electron chi connectivity index (χ1n) is 4.87. The van der Waals surface area contributed by atoms with Crippen LogP contribution >= 0.6 is 11.8 Å². The number of aliphatic hydroxyl groups excluding tert-OH is 1. The first-order chi connectivity index (χ1) is 7.06. The smallest absolute Gasteiger partial charge is 0.137 e. The number of nitrogens with two attached hydrogens (primary N) is 1. The van der Waals surface area contributed by atoms with Gasteiger partial charge in [0.25, 0.3) is 0 Å². The van der Waals surface area contributed by atoms with Crippen LogP contribution in [0.3, 0.4) is 0 Å². The minimum atomic E-state index is -0.268. The van der Waals surface area contributed by atoms with Gasteiger partial charge < -0.3 is 10.8 Å². The van der Waals surface area contributed by atoms with Crippen LogP contribution in [0.15, 0.2) is 23.1 Å². The van der Waals surface area contributed by atoms with E-state index >= 15 is 0 Å². The van der Waals surface area contributed by atoms with Crippen molar-refractivity contribution in [3.63, 3.8) is 0 Å². The van der Waals surface area contributed by atoms with E-state index in [1.165, 1.54) is 17.8 Å². The third-order valence-electron chi connectivity index (χ3n) is 2.06. The van der Waals surface area contributed by atoms with E-state index in [1.807, 2.05) is 19.9 Å². The summed E-state index contributed by atoms with van der Waals surface area (Å²) < 4.78 is 13.5. The fourth-order valence-corrected chi connectivity index (χ4v) is 2.29. The van der Waals surface area contributed by atoms with E-state index < -0.39 is 0 Å². The van der Waals surface area contributed by atoms with Crippen LogP contribution < -0.4 is 5.73 Å². The Kier molecular flexibility index (Phi) is 4.57. The number of thioether (sulfide) groups is 1. The van der Waals surface area contributed by atoms with Gasteiger partial charge in [-0.3, -0.25) is 0 Å². The number of rotatable bonds is 4. The summed E-state index contributed by atoms with van der Waals surface area (Å²) in [6.07, 6.45) is 0. The summed E-state index contributed by atoms with van der Waals surface area (Å²) in [7, 11) is 0. The maximum Gasteiger partial charge on any atom is 0.137 e. The highest BCUT2D eigenvalue weighted by atomic mass is 32.2. The molecule has 2 unspecified atom stereocenters. The Labute approximate surface area is 93.7 Å². The lowest BCUT2D eigenvalue weighted by molar-refractivity contribution is 0.300. The van der Waals surface area contributed by atoms with E-state index in [0.29, 0.717) is 4.90 Å². The van der Waals surface area contributed by atoms with Crippen LogP contribution in [0.4, 0.5) is 4.39 Å². The zero-order valence-corrected chi connectivity index (χ0v) is 9.72. The van der Waals surface area contributed by atoms with Gasteiger partial charge >= 0.3 is 0 Å². The molecule has 0 fully saturated rings. The fraction of sp³-hybridized carbons (Fsp3) is 0.455. The lowest BCUT2D eigenvalue weighted by Gasteiger charge is -2.15. The van der Waals surface area contributed by atoms with Crippen LogP contribution in [0.25, 0.3) is 0 Å². The van der Waals surface area contributed by atoms with E-state index in [1.54, 1.807) is 6.07 Å². The molecule has 0 heterocycles. The van der Waals surface area contributed by atoms with Crippen molar-refractivity contribution in [3.8, 4) is 0 Å². The summed E-state index contributed by atoms with van der Waals surface area (Å²) in [4.78, 5) is 0.550. The van der Waals surface area contributed by atoms with Gasteiger partial charge in [-0.2, -0.15) is 0 Å². The topological polar surface area (TPSA) is 46.2 Å². The molecule has 1 aromatic carbocycles. The van der Waals surface area contributed by atoms with Gasteiger partial charge in [-0.05, 0) is 18.6 Å². The number of halogens is 1. The normalized spacial score (nSPS) is 15.0. The molecule has 0 aliphatic heterocycles. The second kappa shape index (κ2) is 5.49. The number of hydrogen-bond acceptors (Lipinski definition) is 3. The van der Waals surface area contributed by atoms with E-state index in [9.17, 15) is 4.39 Å². The molecular formula is C11H16FNOS. The molecule has 4 heteroatoms. The van der Waals surface area contributed by atoms with Crippen molar-refractivity contribution in [2.24, 2.45) is 5.73 Å². The summed E-state index contributed by atoms with van der Waals surface area (Å²) in [6.45, 7) is 3.70. The quantitative estimate of drug-likeness (QED) is 0.779. The molecule has 0 saturated carbocycles. The second-order valence-electron chi connectivity index (χ2n) is 3.56. The molecule has 2 nitrogen and oxygen atoms in total. The molecule has 0 spiro atoms. The summed E-state index contributed by atoms with van der Waals surface area (Å²) >= 11 is 1.32. The highest BCUT2D eigenvalue weighted by Gasteiger charge is 2.14. The molecule has 0 aromatic heterocycles. The molecule has 0 amide bonds. The van der Waals surface area contributed by atoms with Crippen LogP contribution in [-0.4, -0.2) is 17.0 Å². The van der Waals surface area contributed by atoms with Gasteiger partial charge in [0, 0.05) is 16.2 Å². The van der Waals surface area contributed by atoms with Crippen LogP contribution in [0.5, 0.6) is 0 Å². The lowest BCUT2D eigenvalue weighted by atomic mass is 10.1. The first-order valence-corrected chi connectivity index (χ1v) is 5.75. The monoisotopic (exact) mass is 229 g/mol. The number of benzene rings is 1. The van der Waals surface area contributed by atoms with Gasteiger partial charge in [-0.15, -0.1) is 11.8 Å². The van der Waals surface area contributed by atoms with Gasteiger partial charge in [0.2, 0.25) is 0 Å². The molecule has 1 rings (SSSR count). The Hall–Kier alpha value is -0.580. The molecule has 0 bridgehead atoms. The summed E-state index contributed by atoms with van der Waals surface area (Å²) in [5, 5.41) is 8.91. The van der Waals surface area contributed by atoms with E-state index in [2.05, 4.69) is 0 Å². The number of hydrogen-bond donors (Lipinski definition) is 2. The van der Waals surface area contributed by atoms with Gasteiger partial charge in [-0.25, -0.2) is 4.39 Å². The predicted molar refractivity (Wildman–Crippen MR) is 61.4 cm³/mol. The van der Waals surface area contributed by atoms with Gasteiger partial charge in [0.1, 0.15) is 5.82 Å². The van der Waals surface area contributed by atoms with Crippen molar-refractivity contribution in [3.05, 3.63) is 29.6 Å². The van der Waals surface area contributed by atoms with Crippen molar-refractivity contribution in [1.82, 2.24) is 0 Å². The van der Waals surface area contributed by atoms with Crippen LogP contribution in [-0.2, 0) is 0 Å². The molecule has 2 atom stereocenters. The first kappa shape index (κ1) is 12.5. The maximum atomic E-state index is 13.5. The lowest BCUT2D eigenvalue weighted by Crippen LogP contribution is -2.10. The Morgan fingerprint density at radius 2 is 2.13 bits per heavy atom. The molecule has 0 aliphatic rings. The van der Waals surface area contributed by atoms with Crippen molar-refractivity contribution < 1.29 is 9.50 Å². The minimum Gasteiger partial charge on any atom is -0.395 e. The third-order valence-corrected chi connectivity index (χ3v) is 3.28. The van der Waals surface area contributed by atoms with Crippen molar-refractivity contribution in [1.29, 1.82) is 0 Å². The molecular weight excluding hydrogens is 213 g/mol. The summed E-state index contributed by atoms with van der Waals surface area (Å²) in [5.74, 6) is -0.268. The van der Waals surface area contributed by atoms with Crippen molar-refractivity contribution in [2.45, 2.75) is 30.0 Å². The fourth-order valence-electron chi connectivity index (χ4n) is 1.25. The Bertz CT molecular complexity index is 330. The highest BCUT2D eigenvalue weighted by molar-refractivity contribution is 8.00. The van der Waals surface area contributed by atoms with E-state index in [-0.39, 0.29) is 23.7 Å². The SMILES string of the molecule is CC(CO)Sc1c(F)cccc1C(C)N. The van der Waals surface area contributed by atoms with E-state index in [4.69, 9.17) is 10.8 Å². The van der Waals surface area contributed by atoms with Crippen molar-refractivity contribution >= 4 is 11.8 Å². The van der Waals surface area contributed by atoms with Crippen LogP contribution in [0, 0.1) is 5.82 Å². The standard InChI is InChI=1S/C11H16FNOS/c1-7(6-14)15-11-9(8(2)13)4-3-5-10(11)12/h3-5,7-8,14H,6,13H2,1-2H3. The molecule has 0 radical (unpaired) electrons. The molecule has 3 N–H and O–H groups in total. The predicted octanol–water partition coefficient (Wildman–Crippen LogP) is 2.32. The Morgan fingerprint density at radius 1 is 1.47 bits per heavy atom. The molecule has 15 heavy (non-hydrogen) atoms. The second-order valence-corrected chi connectivity index (χ2v) is 5.01. The van der Waals surface area contributed by atoms with Gasteiger partial charge in [0.05, 0.1) is 6.61 Å². The number of aliphatic hydroxyl groups is 1. The summed E-state index contributed by atoms with van der Waals surface area (Å²) in [6, 6.07) is 4.69. The zero-order chi connectivity index (χ0) is 11.4. The van der Waals surface area contributed by atoms with Crippen LogP contribution in [0.1, 0.15) is 25.5 Å². The average molecular weight is 229 g/mol. The van der Waals surface area contributed by atoms with Crippen molar-refractivity contribution in [2.75, 3.05) is 6.61 Å². The van der Waals surface area contributed by atoms with E-state index in [0.717, 1.165) is 5.56 Å². The Balaban J connectivity index is 3.02. The maximum absolute atomic E-state index is 13.5. The Morgan fingerprint density at radius 3 is 2.67 bits per heavy atom. The summed E-state index contributed by atoms with van der Waals surface area (Å²) in [5.41, 5.74) is 6.55. The largest absolute Gasteiger partial charge is 0.395 e. The molecule has 0 saturated heterocycles. The van der Waals surface area contributed by atoms with Gasteiger partial charge in [-0.1, -0.05) is 19.1 Å². The molecule has 0 aliphatic carbocycles. The van der Waals surface area contributed by atoms with Gasteiger partial charge in [0.15, 0.2) is 0 Å². The molecule has 1 aromatic rings.